The Morgan fingerprint density at radius 1 is 1.33 bits per heavy atom. The number of aryl methyl sites for hydroxylation is 2. The molecule has 2 aromatic heterocycles. The van der Waals surface area contributed by atoms with E-state index in [2.05, 4.69) is 15.4 Å². The number of rotatable bonds is 3. The monoisotopic (exact) mass is 288 g/mol. The maximum absolute atomic E-state index is 11.3. The third-order valence-corrected chi connectivity index (χ3v) is 3.12. The molecule has 2 rings (SSSR count). The molecule has 0 aliphatic rings. The number of hydrogen-bond donors (Lipinski definition) is 2. The van der Waals surface area contributed by atoms with Crippen LogP contribution < -0.4 is 5.32 Å². The molecule has 2 heterocycles. The van der Waals surface area contributed by atoms with Crippen molar-refractivity contribution >= 4 is 17.5 Å². The molecular weight excluding hydrogens is 268 g/mol. The Balaban J connectivity index is 2.45. The second-order valence-corrected chi connectivity index (χ2v) is 6.11. The molecule has 0 atom stereocenters. The molecule has 0 saturated carbocycles. The molecule has 21 heavy (non-hydrogen) atoms. The summed E-state index contributed by atoms with van der Waals surface area (Å²) in [4.78, 5) is 15.8. The zero-order chi connectivity index (χ0) is 15.8. The van der Waals surface area contributed by atoms with Crippen molar-refractivity contribution in [3.05, 3.63) is 35.3 Å². The van der Waals surface area contributed by atoms with Crippen LogP contribution in [0.2, 0.25) is 0 Å². The number of aromatic carboxylic acids is 1. The average Bonchev–Trinajstić information content (AvgIpc) is 2.66. The standard InChI is InChI=1S/C15H20N4O2/c1-9-11(8-19(5)18-9)16-13-7-10(14(20)21)6-12(17-13)15(2,3)4/h6-8H,1-5H3,(H,16,17)(H,20,21). The second kappa shape index (κ2) is 5.20. The van der Waals surface area contributed by atoms with Gasteiger partial charge in [-0.1, -0.05) is 20.8 Å². The molecular formula is C15H20N4O2. The number of pyridine rings is 1. The maximum atomic E-state index is 11.3. The number of hydrogen-bond acceptors (Lipinski definition) is 4. The van der Waals surface area contributed by atoms with E-state index in [0.29, 0.717) is 5.82 Å². The lowest BCUT2D eigenvalue weighted by molar-refractivity contribution is 0.0696. The zero-order valence-corrected chi connectivity index (χ0v) is 12.9. The van der Waals surface area contributed by atoms with Crippen LogP contribution >= 0.6 is 0 Å². The molecule has 112 valence electrons. The fourth-order valence-electron chi connectivity index (χ4n) is 1.96. The fourth-order valence-corrected chi connectivity index (χ4v) is 1.96. The van der Waals surface area contributed by atoms with Crippen molar-refractivity contribution in [2.24, 2.45) is 7.05 Å². The minimum Gasteiger partial charge on any atom is -0.478 e. The summed E-state index contributed by atoms with van der Waals surface area (Å²) in [5, 5.41) is 16.6. The highest BCUT2D eigenvalue weighted by Crippen LogP contribution is 2.25. The highest BCUT2D eigenvalue weighted by Gasteiger charge is 2.19. The Morgan fingerprint density at radius 2 is 2.00 bits per heavy atom. The summed E-state index contributed by atoms with van der Waals surface area (Å²) < 4.78 is 1.70. The van der Waals surface area contributed by atoms with E-state index >= 15 is 0 Å². The quantitative estimate of drug-likeness (QED) is 0.907. The van der Waals surface area contributed by atoms with Crippen LogP contribution in [0, 0.1) is 6.92 Å². The summed E-state index contributed by atoms with van der Waals surface area (Å²) in [5.74, 6) is -0.454. The van der Waals surface area contributed by atoms with Gasteiger partial charge in [-0.2, -0.15) is 5.10 Å². The van der Waals surface area contributed by atoms with Crippen molar-refractivity contribution in [3.63, 3.8) is 0 Å². The van der Waals surface area contributed by atoms with Gasteiger partial charge in [0.2, 0.25) is 0 Å². The van der Waals surface area contributed by atoms with Crippen molar-refractivity contribution in [1.82, 2.24) is 14.8 Å². The molecule has 6 nitrogen and oxygen atoms in total. The van der Waals surface area contributed by atoms with Crippen LogP contribution in [0.5, 0.6) is 0 Å². The molecule has 6 heteroatoms. The van der Waals surface area contributed by atoms with Gasteiger partial charge in [0.15, 0.2) is 0 Å². The van der Waals surface area contributed by atoms with E-state index in [4.69, 9.17) is 0 Å². The van der Waals surface area contributed by atoms with Crippen LogP contribution in [0.4, 0.5) is 11.5 Å². The van der Waals surface area contributed by atoms with Crippen LogP contribution in [0.25, 0.3) is 0 Å². The van der Waals surface area contributed by atoms with Crippen LogP contribution in [-0.2, 0) is 12.5 Å². The molecule has 0 unspecified atom stereocenters. The first-order valence-corrected chi connectivity index (χ1v) is 6.70. The van der Waals surface area contributed by atoms with Gasteiger partial charge in [0.25, 0.3) is 0 Å². The van der Waals surface area contributed by atoms with Crippen molar-refractivity contribution in [2.75, 3.05) is 5.32 Å². The van der Waals surface area contributed by atoms with E-state index in [1.807, 2.05) is 40.9 Å². The average molecular weight is 288 g/mol. The van der Waals surface area contributed by atoms with E-state index < -0.39 is 5.97 Å². The van der Waals surface area contributed by atoms with Gasteiger partial charge in [0.05, 0.1) is 16.9 Å². The predicted octanol–water partition coefficient (Wildman–Crippen LogP) is 2.86. The van der Waals surface area contributed by atoms with Crippen LogP contribution in [0.1, 0.15) is 42.5 Å². The first-order chi connectivity index (χ1) is 9.66. The number of carboxylic acid groups (broad SMARTS) is 1. The van der Waals surface area contributed by atoms with Gasteiger partial charge in [0.1, 0.15) is 5.82 Å². The lowest BCUT2D eigenvalue weighted by atomic mass is 9.91. The van der Waals surface area contributed by atoms with E-state index in [1.54, 1.807) is 10.7 Å². The predicted molar refractivity (Wildman–Crippen MR) is 81.1 cm³/mol. The Bertz CT molecular complexity index is 683. The van der Waals surface area contributed by atoms with Crippen molar-refractivity contribution in [3.8, 4) is 0 Å². The van der Waals surface area contributed by atoms with Crippen molar-refractivity contribution in [1.29, 1.82) is 0 Å². The van der Waals surface area contributed by atoms with Gasteiger partial charge in [-0.25, -0.2) is 9.78 Å². The van der Waals surface area contributed by atoms with Crippen molar-refractivity contribution in [2.45, 2.75) is 33.1 Å². The lowest BCUT2D eigenvalue weighted by Gasteiger charge is -2.19. The van der Waals surface area contributed by atoms with Crippen molar-refractivity contribution < 1.29 is 9.90 Å². The normalized spacial score (nSPS) is 11.5. The summed E-state index contributed by atoms with van der Waals surface area (Å²) in [6.45, 7) is 7.88. The molecule has 2 N–H and O–H groups in total. The molecule has 0 amide bonds. The first kappa shape index (κ1) is 15.0. The molecule has 2 aromatic rings. The molecule has 0 aliphatic heterocycles. The zero-order valence-electron chi connectivity index (χ0n) is 12.9. The van der Waals surface area contributed by atoms with Gasteiger partial charge in [0, 0.05) is 24.4 Å². The smallest absolute Gasteiger partial charge is 0.335 e. The number of aromatic nitrogens is 3. The third-order valence-electron chi connectivity index (χ3n) is 3.12. The lowest BCUT2D eigenvalue weighted by Crippen LogP contribution is -2.16. The highest BCUT2D eigenvalue weighted by molar-refractivity contribution is 5.89. The summed E-state index contributed by atoms with van der Waals surface area (Å²) in [5.41, 5.74) is 2.36. The Labute approximate surface area is 123 Å². The fraction of sp³-hybridized carbons (Fsp3) is 0.400. The van der Waals surface area contributed by atoms with Gasteiger partial charge in [-0.15, -0.1) is 0 Å². The number of anilines is 2. The van der Waals surface area contributed by atoms with Crippen LogP contribution in [0.3, 0.4) is 0 Å². The van der Waals surface area contributed by atoms with Gasteiger partial charge < -0.3 is 10.4 Å². The largest absolute Gasteiger partial charge is 0.478 e. The van der Waals surface area contributed by atoms with Crippen LogP contribution in [0.15, 0.2) is 18.3 Å². The summed E-state index contributed by atoms with van der Waals surface area (Å²) >= 11 is 0. The molecule has 0 fully saturated rings. The summed E-state index contributed by atoms with van der Waals surface area (Å²) in [6.07, 6.45) is 1.83. The number of nitrogens with one attached hydrogen (secondary N) is 1. The SMILES string of the molecule is Cc1nn(C)cc1Nc1cc(C(=O)O)cc(C(C)(C)C)n1. The van der Waals surface area contributed by atoms with Gasteiger partial charge in [-0.05, 0) is 19.1 Å². The molecule has 0 aromatic carbocycles. The molecule has 0 saturated heterocycles. The number of carboxylic acids is 1. The molecule has 0 radical (unpaired) electrons. The Hall–Kier alpha value is -2.37. The second-order valence-electron chi connectivity index (χ2n) is 6.11. The molecule has 0 bridgehead atoms. The van der Waals surface area contributed by atoms with E-state index in [1.165, 1.54) is 6.07 Å². The highest BCUT2D eigenvalue weighted by atomic mass is 16.4. The van der Waals surface area contributed by atoms with E-state index in [9.17, 15) is 9.90 Å². The number of nitrogens with zero attached hydrogens (tertiary/aromatic N) is 3. The molecule has 0 spiro atoms. The first-order valence-electron chi connectivity index (χ1n) is 6.70. The summed E-state index contributed by atoms with van der Waals surface area (Å²) in [7, 11) is 1.83. The third kappa shape index (κ3) is 3.39. The minimum atomic E-state index is -0.964. The van der Waals surface area contributed by atoms with Gasteiger partial charge >= 0.3 is 5.97 Å². The van der Waals surface area contributed by atoms with E-state index in [-0.39, 0.29) is 11.0 Å². The van der Waals surface area contributed by atoms with Crippen LogP contribution in [-0.4, -0.2) is 25.8 Å². The van der Waals surface area contributed by atoms with E-state index in [0.717, 1.165) is 17.1 Å². The molecule has 0 aliphatic carbocycles. The number of carbonyl (C=O) groups is 1. The van der Waals surface area contributed by atoms with Gasteiger partial charge in [-0.3, -0.25) is 4.68 Å². The Kier molecular flexibility index (Phi) is 3.72. The summed E-state index contributed by atoms with van der Waals surface area (Å²) in [6, 6.07) is 3.15. The Morgan fingerprint density at radius 3 is 2.48 bits per heavy atom. The maximum Gasteiger partial charge on any atom is 0.335 e. The topological polar surface area (TPSA) is 80.0 Å². The minimum absolute atomic E-state index is 0.221.